The first-order valence-corrected chi connectivity index (χ1v) is 8.47. The van der Waals surface area contributed by atoms with Crippen LogP contribution in [0.5, 0.6) is 0 Å². The molecule has 1 amide bonds. The van der Waals surface area contributed by atoms with Crippen LogP contribution in [0.2, 0.25) is 0 Å². The van der Waals surface area contributed by atoms with Crippen molar-refractivity contribution in [2.45, 2.75) is 6.04 Å². The summed E-state index contributed by atoms with van der Waals surface area (Å²) in [6.45, 7) is 0.287. The number of amides is 1. The lowest BCUT2D eigenvalue weighted by Gasteiger charge is -2.31. The lowest BCUT2D eigenvalue weighted by molar-refractivity contribution is -0.895. The summed E-state index contributed by atoms with van der Waals surface area (Å²) in [5.41, 5.74) is 5.32. The summed E-state index contributed by atoms with van der Waals surface area (Å²) in [7, 11) is -0.816. The minimum Gasteiger partial charge on any atom is -0.365 e. The molecule has 0 spiro atoms. The minimum absolute atomic E-state index is 0.136. The average Bonchev–Trinajstić information content (AvgIpc) is 2.32. The first-order valence-electron chi connectivity index (χ1n) is 5.58. The number of likely N-dealkylation sites (N-methyl/N-ethyl adjacent to an activating group) is 1. The van der Waals surface area contributed by atoms with Gasteiger partial charge in [0.2, 0.25) is 0 Å². The summed E-state index contributed by atoms with van der Waals surface area (Å²) in [5.74, 6) is -2.66. The smallest absolute Gasteiger partial charge is 0.276 e. The highest BCUT2D eigenvalue weighted by Crippen LogP contribution is 2.34. The minimum atomic E-state index is -4.22. The highest BCUT2D eigenvalue weighted by atomic mass is 32.2. The number of likely N-dealkylation sites (tertiary alicyclic amines) is 1. The largest absolute Gasteiger partial charge is 0.365 e. The van der Waals surface area contributed by atoms with Gasteiger partial charge >= 0.3 is 0 Å². The fourth-order valence-corrected chi connectivity index (χ4v) is 4.70. The van der Waals surface area contributed by atoms with E-state index in [1.807, 2.05) is 0 Å². The first-order chi connectivity index (χ1) is 8.44. The second kappa shape index (κ2) is 5.44. The summed E-state index contributed by atoms with van der Waals surface area (Å²) >= 11 is -2.17. The maximum Gasteiger partial charge on any atom is 0.276 e. The summed E-state index contributed by atoms with van der Waals surface area (Å²) in [5, 5.41) is 0. The standard InChI is InChI=1S/C9H18N2O6S2/c1-11(2)3-6(5-19(15,16)17)7(4-18(13)14)8(11)9(10)12/h6-8H,3-5H2,1-2H3,(H3-,10,12,13,14,15,16,17)/p+1. The summed E-state index contributed by atoms with van der Waals surface area (Å²) in [4.78, 5) is 11.5. The average molecular weight is 315 g/mol. The van der Waals surface area contributed by atoms with Crippen molar-refractivity contribution < 1.29 is 31.0 Å². The van der Waals surface area contributed by atoms with Gasteiger partial charge in [-0.1, -0.05) is 0 Å². The molecule has 4 atom stereocenters. The number of nitrogens with zero attached hydrogens (tertiary/aromatic N) is 1. The van der Waals surface area contributed by atoms with Crippen molar-refractivity contribution in [3.05, 3.63) is 0 Å². The highest BCUT2D eigenvalue weighted by Gasteiger charge is 2.53. The second-order valence-corrected chi connectivity index (χ2v) is 7.94. The first kappa shape index (κ1) is 16.5. The summed E-state index contributed by atoms with van der Waals surface area (Å²) in [6, 6.07) is -0.747. The van der Waals surface area contributed by atoms with Crippen LogP contribution in [0.15, 0.2) is 0 Å². The van der Waals surface area contributed by atoms with E-state index in [1.165, 1.54) is 0 Å². The zero-order valence-corrected chi connectivity index (χ0v) is 12.4. The van der Waals surface area contributed by atoms with Crippen molar-refractivity contribution in [1.29, 1.82) is 0 Å². The molecule has 19 heavy (non-hydrogen) atoms. The Morgan fingerprint density at radius 2 is 2.00 bits per heavy atom. The summed E-state index contributed by atoms with van der Waals surface area (Å²) < 4.78 is 51.1. The highest BCUT2D eigenvalue weighted by molar-refractivity contribution is 7.85. The number of carbonyl (C=O) groups is 1. The number of quaternary nitrogens is 1. The quantitative estimate of drug-likeness (QED) is 0.313. The predicted molar refractivity (Wildman–Crippen MR) is 69.0 cm³/mol. The lowest BCUT2D eigenvalue weighted by Crippen LogP contribution is -2.53. The van der Waals surface area contributed by atoms with Crippen molar-refractivity contribution in [2.24, 2.45) is 17.6 Å². The molecule has 0 aromatic rings. The molecule has 0 saturated carbocycles. The topological polar surface area (TPSA) is 135 Å². The van der Waals surface area contributed by atoms with Crippen LogP contribution in [0.1, 0.15) is 0 Å². The van der Waals surface area contributed by atoms with E-state index in [2.05, 4.69) is 0 Å². The van der Waals surface area contributed by atoms with Crippen LogP contribution in [0.4, 0.5) is 0 Å². The SMILES string of the molecule is C[N+]1(C)CC(CS(=O)(=O)O)C(CS(=O)O)C1C(N)=O. The van der Waals surface area contributed by atoms with Crippen molar-refractivity contribution in [3.8, 4) is 0 Å². The van der Waals surface area contributed by atoms with Gasteiger partial charge in [0.05, 0.1) is 32.1 Å². The number of hydrogen-bond acceptors (Lipinski definition) is 4. The molecule has 112 valence electrons. The van der Waals surface area contributed by atoms with E-state index in [0.717, 1.165) is 0 Å². The molecular formula is C9H19N2O6S2+. The van der Waals surface area contributed by atoms with Gasteiger partial charge in [0.25, 0.3) is 16.0 Å². The van der Waals surface area contributed by atoms with Gasteiger partial charge in [-0.3, -0.25) is 9.35 Å². The zero-order chi connectivity index (χ0) is 15.0. The lowest BCUT2D eigenvalue weighted by atomic mass is 9.93. The third kappa shape index (κ3) is 4.21. The summed E-state index contributed by atoms with van der Waals surface area (Å²) in [6.07, 6.45) is 0. The molecule has 0 aliphatic carbocycles. The third-order valence-electron chi connectivity index (χ3n) is 3.52. The van der Waals surface area contributed by atoms with Gasteiger partial charge in [0.1, 0.15) is 0 Å². The number of carbonyl (C=O) groups excluding carboxylic acids is 1. The van der Waals surface area contributed by atoms with Crippen LogP contribution in [-0.2, 0) is 26.0 Å². The van der Waals surface area contributed by atoms with Crippen LogP contribution < -0.4 is 5.73 Å². The molecule has 1 saturated heterocycles. The Morgan fingerprint density at radius 3 is 2.37 bits per heavy atom. The Bertz CT molecular complexity index is 489. The molecule has 4 N–H and O–H groups in total. The van der Waals surface area contributed by atoms with E-state index in [0.29, 0.717) is 0 Å². The van der Waals surface area contributed by atoms with Gasteiger partial charge in [0.15, 0.2) is 17.1 Å². The van der Waals surface area contributed by atoms with E-state index in [4.69, 9.17) is 14.8 Å². The molecule has 1 aliphatic heterocycles. The maximum absolute atomic E-state index is 11.5. The fraction of sp³-hybridized carbons (Fsp3) is 0.889. The molecular weight excluding hydrogens is 296 g/mol. The van der Waals surface area contributed by atoms with Crippen molar-refractivity contribution in [3.63, 3.8) is 0 Å². The molecule has 4 unspecified atom stereocenters. The van der Waals surface area contributed by atoms with Crippen molar-refractivity contribution in [1.82, 2.24) is 0 Å². The molecule has 0 bridgehead atoms. The van der Waals surface area contributed by atoms with Crippen LogP contribution in [-0.4, -0.2) is 70.3 Å². The molecule has 10 heteroatoms. The number of hydrogen-bond donors (Lipinski definition) is 3. The molecule has 0 aromatic carbocycles. The van der Waals surface area contributed by atoms with Crippen LogP contribution in [0.25, 0.3) is 0 Å². The zero-order valence-electron chi connectivity index (χ0n) is 10.7. The molecule has 0 radical (unpaired) electrons. The van der Waals surface area contributed by atoms with E-state index >= 15 is 0 Å². The fourth-order valence-electron chi connectivity index (χ4n) is 3.02. The molecule has 0 aromatic heterocycles. The second-order valence-electron chi connectivity index (χ2n) is 5.47. The van der Waals surface area contributed by atoms with Gasteiger partial charge in [0, 0.05) is 11.8 Å². The van der Waals surface area contributed by atoms with E-state index < -0.39 is 50.7 Å². The Hall–Kier alpha value is -0.550. The van der Waals surface area contributed by atoms with Gasteiger partial charge in [-0.05, 0) is 0 Å². The van der Waals surface area contributed by atoms with Crippen LogP contribution in [0, 0.1) is 11.8 Å². The van der Waals surface area contributed by atoms with Gasteiger partial charge in [-0.25, -0.2) is 4.21 Å². The van der Waals surface area contributed by atoms with Gasteiger partial charge < -0.3 is 14.8 Å². The Morgan fingerprint density at radius 1 is 1.47 bits per heavy atom. The van der Waals surface area contributed by atoms with Gasteiger partial charge in [-0.15, -0.1) is 0 Å². The van der Waals surface area contributed by atoms with E-state index in [9.17, 15) is 17.4 Å². The third-order valence-corrected chi connectivity index (χ3v) is 5.04. The Balaban J connectivity index is 3.10. The molecule has 1 aliphatic rings. The van der Waals surface area contributed by atoms with Gasteiger partial charge in [-0.2, -0.15) is 8.42 Å². The van der Waals surface area contributed by atoms with Crippen molar-refractivity contribution in [2.75, 3.05) is 32.1 Å². The van der Waals surface area contributed by atoms with E-state index in [-0.39, 0.29) is 16.8 Å². The van der Waals surface area contributed by atoms with Crippen molar-refractivity contribution >= 4 is 27.1 Å². The van der Waals surface area contributed by atoms with Crippen LogP contribution in [0.3, 0.4) is 0 Å². The molecule has 1 fully saturated rings. The van der Waals surface area contributed by atoms with E-state index in [1.54, 1.807) is 14.1 Å². The number of nitrogens with two attached hydrogens (primary N) is 1. The number of rotatable bonds is 5. The monoisotopic (exact) mass is 315 g/mol. The normalized spacial score (nSPS) is 32.1. The molecule has 1 heterocycles. The Labute approximate surface area is 114 Å². The Kier molecular flexibility index (Phi) is 4.73. The number of primary amides is 1. The maximum atomic E-state index is 11.5. The molecule has 8 nitrogen and oxygen atoms in total. The predicted octanol–water partition coefficient (Wildman–Crippen LogP) is -1.73. The van der Waals surface area contributed by atoms with Crippen LogP contribution >= 0.6 is 0 Å². The molecule has 1 rings (SSSR count).